The standard InChI is InChI=1S/C17H25NO2S/c1-14-7-10-17(20,11-8-14)13-18-16(19)9-12-21-15-5-3-2-4-6-15/h2-6,14,20H,7-13H2,1H3,(H,18,19). The molecule has 1 aliphatic carbocycles. The number of amides is 1. The van der Waals surface area contributed by atoms with Gasteiger partial charge in [-0.2, -0.15) is 0 Å². The Morgan fingerprint density at radius 1 is 1.33 bits per heavy atom. The molecule has 21 heavy (non-hydrogen) atoms. The Morgan fingerprint density at radius 2 is 2.00 bits per heavy atom. The summed E-state index contributed by atoms with van der Waals surface area (Å²) in [6, 6.07) is 10.1. The minimum Gasteiger partial charge on any atom is -0.388 e. The predicted molar refractivity (Wildman–Crippen MR) is 87.4 cm³/mol. The number of hydrogen-bond donors (Lipinski definition) is 2. The summed E-state index contributed by atoms with van der Waals surface area (Å²) < 4.78 is 0. The van der Waals surface area contributed by atoms with E-state index in [0.29, 0.717) is 18.9 Å². The van der Waals surface area contributed by atoms with Crippen molar-refractivity contribution in [3.05, 3.63) is 30.3 Å². The van der Waals surface area contributed by atoms with Gasteiger partial charge in [-0.3, -0.25) is 4.79 Å². The lowest BCUT2D eigenvalue weighted by atomic mass is 9.79. The Bertz CT molecular complexity index is 441. The quantitative estimate of drug-likeness (QED) is 0.793. The van der Waals surface area contributed by atoms with Gasteiger partial charge in [0.15, 0.2) is 0 Å². The van der Waals surface area contributed by atoms with E-state index in [1.165, 1.54) is 4.90 Å². The van der Waals surface area contributed by atoms with Crippen molar-refractivity contribution in [3.63, 3.8) is 0 Å². The van der Waals surface area contributed by atoms with E-state index in [0.717, 1.165) is 31.4 Å². The van der Waals surface area contributed by atoms with E-state index in [9.17, 15) is 9.90 Å². The van der Waals surface area contributed by atoms with Gasteiger partial charge in [0.1, 0.15) is 0 Å². The van der Waals surface area contributed by atoms with Crippen LogP contribution in [0.15, 0.2) is 35.2 Å². The monoisotopic (exact) mass is 307 g/mol. The van der Waals surface area contributed by atoms with Crippen LogP contribution in [0.5, 0.6) is 0 Å². The molecular weight excluding hydrogens is 282 g/mol. The first-order valence-corrected chi connectivity index (χ1v) is 8.73. The predicted octanol–water partition coefficient (Wildman–Crippen LogP) is 3.23. The van der Waals surface area contributed by atoms with E-state index in [4.69, 9.17) is 0 Å². The lowest BCUT2D eigenvalue weighted by molar-refractivity contribution is -0.122. The van der Waals surface area contributed by atoms with Gasteiger partial charge in [-0.25, -0.2) is 0 Å². The fourth-order valence-corrected chi connectivity index (χ4v) is 3.48. The Balaban J connectivity index is 1.63. The van der Waals surface area contributed by atoms with E-state index in [1.54, 1.807) is 11.8 Å². The molecule has 4 heteroatoms. The minimum atomic E-state index is -0.686. The summed E-state index contributed by atoms with van der Waals surface area (Å²) in [5.41, 5.74) is -0.686. The van der Waals surface area contributed by atoms with Crippen molar-refractivity contribution in [3.8, 4) is 0 Å². The van der Waals surface area contributed by atoms with Gasteiger partial charge in [-0.15, -0.1) is 11.8 Å². The average Bonchev–Trinajstić information content (AvgIpc) is 2.50. The third-order valence-corrected chi connectivity index (χ3v) is 5.17. The number of carbonyl (C=O) groups excluding carboxylic acids is 1. The van der Waals surface area contributed by atoms with E-state index in [2.05, 4.69) is 24.4 Å². The SMILES string of the molecule is CC1CCC(O)(CNC(=O)CCSc2ccccc2)CC1. The Kier molecular flexibility index (Phi) is 6.12. The first kappa shape index (κ1) is 16.4. The van der Waals surface area contributed by atoms with Crippen molar-refractivity contribution in [2.24, 2.45) is 5.92 Å². The van der Waals surface area contributed by atoms with Gasteiger partial charge in [-0.05, 0) is 43.7 Å². The fourth-order valence-electron chi connectivity index (χ4n) is 2.61. The number of hydrogen-bond acceptors (Lipinski definition) is 3. The molecule has 1 amide bonds. The molecule has 1 saturated carbocycles. The molecule has 2 N–H and O–H groups in total. The van der Waals surface area contributed by atoms with Crippen LogP contribution in [0.3, 0.4) is 0 Å². The van der Waals surface area contributed by atoms with Gasteiger partial charge in [-0.1, -0.05) is 25.1 Å². The molecular formula is C17H25NO2S. The minimum absolute atomic E-state index is 0.0329. The summed E-state index contributed by atoms with van der Waals surface area (Å²) in [4.78, 5) is 13.0. The highest BCUT2D eigenvalue weighted by Crippen LogP contribution is 2.31. The van der Waals surface area contributed by atoms with Crippen molar-refractivity contribution >= 4 is 17.7 Å². The summed E-state index contributed by atoms with van der Waals surface area (Å²) in [6.07, 6.45) is 4.19. The zero-order valence-corrected chi connectivity index (χ0v) is 13.5. The van der Waals surface area contributed by atoms with Crippen LogP contribution in [0.1, 0.15) is 39.0 Å². The molecule has 0 saturated heterocycles. The molecule has 116 valence electrons. The number of carbonyl (C=O) groups is 1. The summed E-state index contributed by atoms with van der Waals surface area (Å²) in [6.45, 7) is 2.62. The third-order valence-electron chi connectivity index (χ3n) is 4.16. The van der Waals surface area contributed by atoms with E-state index >= 15 is 0 Å². The fraction of sp³-hybridized carbons (Fsp3) is 0.588. The van der Waals surface area contributed by atoms with Crippen LogP contribution in [0.25, 0.3) is 0 Å². The topological polar surface area (TPSA) is 49.3 Å². The van der Waals surface area contributed by atoms with Crippen molar-refractivity contribution < 1.29 is 9.90 Å². The van der Waals surface area contributed by atoms with Crippen LogP contribution in [0.2, 0.25) is 0 Å². The molecule has 0 aromatic heterocycles. The molecule has 1 aromatic carbocycles. The first-order chi connectivity index (χ1) is 10.1. The summed E-state index contributed by atoms with van der Waals surface area (Å²) >= 11 is 1.69. The second kappa shape index (κ2) is 7.85. The molecule has 0 unspecified atom stereocenters. The smallest absolute Gasteiger partial charge is 0.220 e. The van der Waals surface area contributed by atoms with Gasteiger partial charge >= 0.3 is 0 Å². The second-order valence-corrected chi connectivity index (χ2v) is 7.26. The van der Waals surface area contributed by atoms with Crippen LogP contribution in [0, 0.1) is 5.92 Å². The van der Waals surface area contributed by atoms with Gasteiger partial charge < -0.3 is 10.4 Å². The number of nitrogens with one attached hydrogen (secondary N) is 1. The average molecular weight is 307 g/mol. The lowest BCUT2D eigenvalue weighted by Gasteiger charge is -2.34. The van der Waals surface area contributed by atoms with E-state index in [1.807, 2.05) is 18.2 Å². The highest BCUT2D eigenvalue weighted by atomic mass is 32.2. The molecule has 0 radical (unpaired) electrons. The van der Waals surface area contributed by atoms with E-state index < -0.39 is 5.60 Å². The normalized spacial score (nSPS) is 25.5. The van der Waals surface area contributed by atoms with Crippen LogP contribution in [-0.4, -0.2) is 28.9 Å². The Hall–Kier alpha value is -1.00. The number of aliphatic hydroxyl groups is 1. The van der Waals surface area contributed by atoms with Crippen molar-refractivity contribution in [2.75, 3.05) is 12.3 Å². The molecule has 0 heterocycles. The van der Waals surface area contributed by atoms with E-state index in [-0.39, 0.29) is 5.91 Å². The molecule has 0 bridgehead atoms. The van der Waals surface area contributed by atoms with Gasteiger partial charge in [0.25, 0.3) is 0 Å². The zero-order valence-electron chi connectivity index (χ0n) is 12.7. The van der Waals surface area contributed by atoms with Crippen molar-refractivity contribution in [1.29, 1.82) is 0 Å². The lowest BCUT2D eigenvalue weighted by Crippen LogP contribution is -2.45. The van der Waals surface area contributed by atoms with Gasteiger partial charge in [0.05, 0.1) is 5.60 Å². The maximum Gasteiger partial charge on any atom is 0.220 e. The highest BCUT2D eigenvalue weighted by Gasteiger charge is 2.31. The van der Waals surface area contributed by atoms with Crippen molar-refractivity contribution in [2.45, 2.75) is 49.5 Å². The summed E-state index contributed by atoms with van der Waals surface area (Å²) in [5, 5.41) is 13.3. The Morgan fingerprint density at radius 3 is 2.67 bits per heavy atom. The van der Waals surface area contributed by atoms with Crippen LogP contribution < -0.4 is 5.32 Å². The van der Waals surface area contributed by atoms with Crippen LogP contribution in [-0.2, 0) is 4.79 Å². The Labute approximate surface area is 131 Å². The molecule has 0 aliphatic heterocycles. The van der Waals surface area contributed by atoms with Crippen LogP contribution in [0.4, 0.5) is 0 Å². The first-order valence-electron chi connectivity index (χ1n) is 7.74. The molecule has 0 atom stereocenters. The molecule has 1 aliphatic rings. The summed E-state index contributed by atoms with van der Waals surface area (Å²) in [5.74, 6) is 1.50. The second-order valence-electron chi connectivity index (χ2n) is 6.10. The van der Waals surface area contributed by atoms with Gasteiger partial charge in [0.2, 0.25) is 5.91 Å². The number of rotatable bonds is 6. The molecule has 2 rings (SSSR count). The third kappa shape index (κ3) is 5.71. The highest BCUT2D eigenvalue weighted by molar-refractivity contribution is 7.99. The number of benzene rings is 1. The maximum atomic E-state index is 11.8. The maximum absolute atomic E-state index is 11.8. The largest absolute Gasteiger partial charge is 0.388 e. The number of thioether (sulfide) groups is 1. The summed E-state index contributed by atoms with van der Waals surface area (Å²) in [7, 11) is 0. The zero-order chi connectivity index (χ0) is 15.1. The van der Waals surface area contributed by atoms with Crippen LogP contribution >= 0.6 is 11.8 Å². The van der Waals surface area contributed by atoms with Gasteiger partial charge in [0, 0.05) is 23.6 Å². The van der Waals surface area contributed by atoms with Crippen molar-refractivity contribution in [1.82, 2.24) is 5.32 Å². The molecule has 0 spiro atoms. The molecule has 1 aromatic rings. The molecule has 1 fully saturated rings. The molecule has 3 nitrogen and oxygen atoms in total.